The second kappa shape index (κ2) is 14.1. The third kappa shape index (κ3) is 9.61. The molecule has 31 heavy (non-hydrogen) atoms. The number of benzene rings is 1. The Morgan fingerprint density at radius 2 is 1.97 bits per heavy atom. The van der Waals surface area contributed by atoms with E-state index in [2.05, 4.69) is 20.6 Å². The van der Waals surface area contributed by atoms with Crippen molar-refractivity contribution in [1.82, 2.24) is 15.6 Å². The lowest BCUT2D eigenvalue weighted by atomic mass is 10.2. The minimum Gasteiger partial charge on any atom is -0.497 e. The maximum atomic E-state index is 12.5. The normalized spacial score (nSPS) is 11.5. The van der Waals surface area contributed by atoms with Gasteiger partial charge in [-0.2, -0.15) is 0 Å². The summed E-state index contributed by atoms with van der Waals surface area (Å²) >= 11 is 0. The van der Waals surface area contributed by atoms with Gasteiger partial charge in [-0.25, -0.2) is 18.8 Å². The van der Waals surface area contributed by atoms with Crippen molar-refractivity contribution in [3.63, 3.8) is 0 Å². The molecule has 0 unspecified atom stereocenters. The fourth-order valence-corrected chi connectivity index (χ4v) is 2.61. The molecule has 1 heterocycles. The van der Waals surface area contributed by atoms with Gasteiger partial charge in [-0.05, 0) is 37.1 Å². The van der Waals surface area contributed by atoms with E-state index in [1.807, 2.05) is 31.2 Å². The van der Waals surface area contributed by atoms with Gasteiger partial charge in [-0.3, -0.25) is 0 Å². The highest BCUT2D eigenvalue weighted by Crippen LogP contribution is 2.15. The lowest BCUT2D eigenvalue weighted by Crippen LogP contribution is -2.38. The van der Waals surface area contributed by atoms with Crippen molar-refractivity contribution in [2.75, 3.05) is 33.5 Å². The molecular weight excluding hydrogens is 406 g/mol. The second-order valence-electron chi connectivity index (χ2n) is 6.51. The number of hydrogen-bond acceptors (Lipinski definition) is 5. The standard InChI is InChI=1S/C22H30F2N4O3/c1-3-30-13-5-12-26-22(27-14-17-7-9-19(29-2)10-8-17)28-15-18-6-4-11-25-21(18)31-16-20(23)24/h4,6-11,20H,3,5,12-16H2,1-2H3,(H2,26,27,28). The zero-order chi connectivity index (χ0) is 22.3. The molecule has 0 aliphatic carbocycles. The van der Waals surface area contributed by atoms with Crippen LogP contribution in [0.15, 0.2) is 47.6 Å². The first kappa shape index (κ1) is 24.3. The van der Waals surface area contributed by atoms with E-state index in [0.29, 0.717) is 44.4 Å². The van der Waals surface area contributed by atoms with Crippen LogP contribution in [0.2, 0.25) is 0 Å². The van der Waals surface area contributed by atoms with E-state index in [0.717, 1.165) is 17.7 Å². The molecule has 0 amide bonds. The van der Waals surface area contributed by atoms with Crippen LogP contribution in [0.3, 0.4) is 0 Å². The van der Waals surface area contributed by atoms with Crippen LogP contribution in [-0.2, 0) is 17.8 Å². The summed E-state index contributed by atoms with van der Waals surface area (Å²) in [6.07, 6.45) is -0.224. The number of rotatable bonds is 13. The highest BCUT2D eigenvalue weighted by atomic mass is 19.3. The Morgan fingerprint density at radius 1 is 1.16 bits per heavy atom. The number of halogens is 2. The minimum absolute atomic E-state index is 0.182. The van der Waals surface area contributed by atoms with Gasteiger partial charge in [0.2, 0.25) is 5.88 Å². The van der Waals surface area contributed by atoms with Crippen molar-refractivity contribution in [3.05, 3.63) is 53.7 Å². The summed E-state index contributed by atoms with van der Waals surface area (Å²) in [6, 6.07) is 11.2. The molecule has 1 aromatic carbocycles. The molecule has 0 fully saturated rings. The number of nitrogens with one attached hydrogen (secondary N) is 2. The van der Waals surface area contributed by atoms with Crippen LogP contribution >= 0.6 is 0 Å². The second-order valence-corrected chi connectivity index (χ2v) is 6.51. The quantitative estimate of drug-likeness (QED) is 0.285. The number of alkyl halides is 2. The summed E-state index contributed by atoms with van der Waals surface area (Å²) in [5.41, 5.74) is 1.69. The monoisotopic (exact) mass is 436 g/mol. The molecule has 2 aromatic rings. The van der Waals surface area contributed by atoms with Gasteiger partial charge in [0.1, 0.15) is 5.75 Å². The number of aliphatic imine (C=N–C) groups is 1. The summed E-state index contributed by atoms with van der Waals surface area (Å²) in [4.78, 5) is 8.67. The maximum Gasteiger partial charge on any atom is 0.272 e. The lowest BCUT2D eigenvalue weighted by Gasteiger charge is -2.15. The van der Waals surface area contributed by atoms with E-state index in [-0.39, 0.29) is 5.88 Å². The molecule has 0 atom stereocenters. The zero-order valence-electron chi connectivity index (χ0n) is 17.9. The first-order chi connectivity index (χ1) is 15.1. The zero-order valence-corrected chi connectivity index (χ0v) is 17.9. The number of guanidine groups is 1. The van der Waals surface area contributed by atoms with Crippen molar-refractivity contribution >= 4 is 5.96 Å². The third-order valence-electron chi connectivity index (χ3n) is 4.18. The molecule has 1 aromatic heterocycles. The Labute approximate surface area is 181 Å². The van der Waals surface area contributed by atoms with Gasteiger partial charge >= 0.3 is 0 Å². The number of hydrogen-bond donors (Lipinski definition) is 2. The van der Waals surface area contributed by atoms with Crippen LogP contribution in [0.25, 0.3) is 0 Å². The summed E-state index contributed by atoms with van der Waals surface area (Å²) in [5.74, 6) is 1.56. The molecule has 170 valence electrons. The topological polar surface area (TPSA) is 77.0 Å². The molecule has 9 heteroatoms. The first-order valence-electron chi connectivity index (χ1n) is 10.2. The average molecular weight is 437 g/mol. The molecule has 0 bridgehead atoms. The smallest absolute Gasteiger partial charge is 0.272 e. The number of pyridine rings is 1. The van der Waals surface area contributed by atoms with E-state index in [9.17, 15) is 8.78 Å². The first-order valence-corrected chi connectivity index (χ1v) is 10.2. The molecule has 0 aliphatic heterocycles. The predicted molar refractivity (Wildman–Crippen MR) is 116 cm³/mol. The molecule has 0 radical (unpaired) electrons. The Morgan fingerprint density at radius 3 is 2.68 bits per heavy atom. The van der Waals surface area contributed by atoms with E-state index in [4.69, 9.17) is 14.2 Å². The van der Waals surface area contributed by atoms with Crippen molar-refractivity contribution < 1.29 is 23.0 Å². The molecular formula is C22H30F2N4O3. The van der Waals surface area contributed by atoms with Gasteiger partial charge in [0.05, 0.1) is 13.7 Å². The van der Waals surface area contributed by atoms with Crippen LogP contribution in [0.1, 0.15) is 24.5 Å². The Hall–Kier alpha value is -2.94. The summed E-state index contributed by atoms with van der Waals surface area (Å²) in [6.45, 7) is 4.06. The highest BCUT2D eigenvalue weighted by Gasteiger charge is 2.10. The molecule has 0 aliphatic rings. The fraction of sp³-hybridized carbons (Fsp3) is 0.455. The number of ether oxygens (including phenoxy) is 3. The largest absolute Gasteiger partial charge is 0.497 e. The molecule has 0 saturated carbocycles. The van der Waals surface area contributed by atoms with Crippen LogP contribution in [-0.4, -0.2) is 50.8 Å². The third-order valence-corrected chi connectivity index (χ3v) is 4.18. The van der Waals surface area contributed by atoms with Crippen LogP contribution in [0.5, 0.6) is 11.6 Å². The van der Waals surface area contributed by atoms with Crippen molar-refractivity contribution in [2.24, 2.45) is 4.99 Å². The van der Waals surface area contributed by atoms with Crippen LogP contribution < -0.4 is 20.1 Å². The summed E-state index contributed by atoms with van der Waals surface area (Å²) in [7, 11) is 1.62. The Bertz CT molecular complexity index is 789. The van der Waals surface area contributed by atoms with E-state index >= 15 is 0 Å². The molecule has 7 nitrogen and oxygen atoms in total. The van der Waals surface area contributed by atoms with E-state index < -0.39 is 13.0 Å². The lowest BCUT2D eigenvalue weighted by molar-refractivity contribution is 0.0790. The highest BCUT2D eigenvalue weighted by molar-refractivity contribution is 5.79. The number of nitrogens with zero attached hydrogens (tertiary/aromatic N) is 2. The van der Waals surface area contributed by atoms with Gasteiger partial charge in [0.25, 0.3) is 6.43 Å². The maximum absolute atomic E-state index is 12.5. The predicted octanol–water partition coefficient (Wildman–Crippen LogP) is 3.40. The van der Waals surface area contributed by atoms with Crippen molar-refractivity contribution in [3.8, 4) is 11.6 Å². The van der Waals surface area contributed by atoms with Crippen molar-refractivity contribution in [1.29, 1.82) is 0 Å². The average Bonchev–Trinajstić information content (AvgIpc) is 2.79. The van der Waals surface area contributed by atoms with Gasteiger partial charge in [0.15, 0.2) is 12.6 Å². The van der Waals surface area contributed by atoms with Crippen molar-refractivity contribution in [2.45, 2.75) is 32.9 Å². The SMILES string of the molecule is CCOCCCNC(=NCc1ccc(OC)cc1)NCc1cccnc1OCC(F)F. The number of aromatic nitrogens is 1. The van der Waals surface area contributed by atoms with Crippen LogP contribution in [0, 0.1) is 0 Å². The van der Waals surface area contributed by atoms with E-state index in [1.165, 1.54) is 6.20 Å². The fourth-order valence-electron chi connectivity index (χ4n) is 2.61. The van der Waals surface area contributed by atoms with Gasteiger partial charge < -0.3 is 24.8 Å². The van der Waals surface area contributed by atoms with Crippen LogP contribution in [0.4, 0.5) is 8.78 Å². The molecule has 2 N–H and O–H groups in total. The molecule has 0 saturated heterocycles. The summed E-state index contributed by atoms with van der Waals surface area (Å²) in [5, 5.41) is 6.48. The number of methoxy groups -OCH3 is 1. The van der Waals surface area contributed by atoms with E-state index in [1.54, 1.807) is 19.2 Å². The molecule has 2 rings (SSSR count). The Balaban J connectivity index is 2.00. The molecule has 0 spiro atoms. The minimum atomic E-state index is -2.56. The van der Waals surface area contributed by atoms with Gasteiger partial charge in [0, 0.05) is 38.1 Å². The van der Waals surface area contributed by atoms with Gasteiger partial charge in [-0.1, -0.05) is 18.2 Å². The van der Waals surface area contributed by atoms with Gasteiger partial charge in [-0.15, -0.1) is 0 Å². The summed E-state index contributed by atoms with van der Waals surface area (Å²) < 4.78 is 40.6. The Kier molecular flexibility index (Phi) is 11.1.